The molecule has 1 aromatic carbocycles. The van der Waals surface area contributed by atoms with E-state index in [9.17, 15) is 18.0 Å². The third-order valence-electron chi connectivity index (χ3n) is 2.54. The highest BCUT2D eigenvalue weighted by Gasteiger charge is 2.33. The third-order valence-corrected chi connectivity index (χ3v) is 2.54. The molecule has 3 N–H and O–H groups in total. The fourth-order valence-corrected chi connectivity index (χ4v) is 1.74. The highest BCUT2D eigenvalue weighted by atomic mass is 19.4. The molecule has 2 rings (SSSR count). The van der Waals surface area contributed by atoms with Gasteiger partial charge in [-0.05, 0) is 12.1 Å². The molecule has 0 aliphatic heterocycles. The summed E-state index contributed by atoms with van der Waals surface area (Å²) in [6, 6.07) is 3.04. The van der Waals surface area contributed by atoms with Gasteiger partial charge in [0, 0.05) is 11.5 Å². The summed E-state index contributed by atoms with van der Waals surface area (Å²) in [5.74, 6) is 0.206. The van der Waals surface area contributed by atoms with Crippen LogP contribution in [-0.2, 0) is 6.18 Å². The molecular weight excluding hydrogens is 249 g/mol. The van der Waals surface area contributed by atoms with Crippen LogP contribution in [0.1, 0.15) is 5.56 Å². The Morgan fingerprint density at radius 3 is 2.56 bits per heavy atom. The molecule has 0 saturated heterocycles. The molecule has 0 saturated carbocycles. The molecule has 0 aliphatic carbocycles. The van der Waals surface area contributed by atoms with Gasteiger partial charge in [-0.25, -0.2) is 0 Å². The van der Waals surface area contributed by atoms with Crippen molar-refractivity contribution in [1.29, 1.82) is 0 Å². The van der Waals surface area contributed by atoms with Crippen LogP contribution in [0.5, 0.6) is 5.75 Å². The van der Waals surface area contributed by atoms with Gasteiger partial charge < -0.3 is 15.5 Å². The highest BCUT2D eigenvalue weighted by Crippen LogP contribution is 2.37. The van der Waals surface area contributed by atoms with Crippen molar-refractivity contribution in [3.8, 4) is 5.75 Å². The number of H-pyrrole nitrogens is 1. The number of hydrogen-bond acceptors (Lipinski definition) is 3. The summed E-state index contributed by atoms with van der Waals surface area (Å²) in [5.41, 5.74) is 3.66. The fraction of sp³-hybridized carbons (Fsp3) is 0.182. The smallest absolute Gasteiger partial charge is 0.417 e. The topological polar surface area (TPSA) is 68.1 Å². The molecule has 0 spiro atoms. The van der Waals surface area contributed by atoms with Gasteiger partial charge in [0.1, 0.15) is 5.75 Å². The van der Waals surface area contributed by atoms with E-state index in [2.05, 4.69) is 4.98 Å². The fourth-order valence-electron chi connectivity index (χ4n) is 1.74. The number of hydrogen-bond donors (Lipinski definition) is 2. The number of ether oxygens (including phenoxy) is 1. The predicted octanol–water partition coefficient (Wildman–Crippen LogP) is 2.14. The standard InChI is InChI=1S/C11H9F3N2O2/c1-18-7-3-2-5-6(11(12,13)14)4-8(17)16-10(5)9(7)15/h2-4H,15H2,1H3,(H,16,17). The molecule has 1 heterocycles. The van der Waals surface area contributed by atoms with Crippen LogP contribution in [0, 0.1) is 0 Å². The SMILES string of the molecule is COc1ccc2c(C(F)(F)F)cc(=O)[nH]c2c1N. The minimum Gasteiger partial charge on any atom is -0.495 e. The molecule has 4 nitrogen and oxygen atoms in total. The van der Waals surface area contributed by atoms with E-state index in [0.717, 1.165) is 0 Å². The van der Waals surface area contributed by atoms with E-state index < -0.39 is 17.3 Å². The number of fused-ring (bicyclic) bond motifs is 1. The second-order valence-electron chi connectivity index (χ2n) is 3.65. The van der Waals surface area contributed by atoms with Gasteiger partial charge in [0.25, 0.3) is 0 Å². The Morgan fingerprint density at radius 1 is 1.33 bits per heavy atom. The molecule has 7 heteroatoms. The number of alkyl halides is 3. The zero-order chi connectivity index (χ0) is 13.5. The van der Waals surface area contributed by atoms with E-state index in [4.69, 9.17) is 10.5 Å². The first-order valence-electron chi connectivity index (χ1n) is 4.91. The average Bonchev–Trinajstić information content (AvgIpc) is 2.28. The Morgan fingerprint density at radius 2 is 2.00 bits per heavy atom. The van der Waals surface area contributed by atoms with Crippen LogP contribution in [0.25, 0.3) is 10.9 Å². The van der Waals surface area contributed by atoms with Crippen molar-refractivity contribution in [1.82, 2.24) is 4.98 Å². The maximum absolute atomic E-state index is 12.8. The first-order chi connectivity index (χ1) is 8.34. The van der Waals surface area contributed by atoms with Crippen LogP contribution in [0.3, 0.4) is 0 Å². The molecule has 2 aromatic rings. The number of aromatic nitrogens is 1. The maximum atomic E-state index is 12.8. The Bertz CT molecular complexity index is 662. The Balaban J connectivity index is 2.92. The van der Waals surface area contributed by atoms with E-state index in [1.165, 1.54) is 19.2 Å². The summed E-state index contributed by atoms with van der Waals surface area (Å²) in [7, 11) is 1.34. The minimum absolute atomic E-state index is 0.0294. The number of halogens is 3. The summed E-state index contributed by atoms with van der Waals surface area (Å²) >= 11 is 0. The molecule has 1 aromatic heterocycles. The van der Waals surface area contributed by atoms with Gasteiger partial charge >= 0.3 is 6.18 Å². The van der Waals surface area contributed by atoms with E-state index in [0.29, 0.717) is 6.07 Å². The second kappa shape index (κ2) is 3.94. The molecule has 0 radical (unpaired) electrons. The van der Waals surface area contributed by atoms with Gasteiger partial charge in [-0.3, -0.25) is 4.79 Å². The van der Waals surface area contributed by atoms with Gasteiger partial charge in [0.15, 0.2) is 0 Å². The summed E-state index contributed by atoms with van der Waals surface area (Å²) in [4.78, 5) is 13.5. The lowest BCUT2D eigenvalue weighted by Crippen LogP contribution is -2.14. The van der Waals surface area contributed by atoms with Crippen molar-refractivity contribution < 1.29 is 17.9 Å². The number of rotatable bonds is 1. The molecule has 0 amide bonds. The normalized spacial score (nSPS) is 11.8. The van der Waals surface area contributed by atoms with E-state index in [-0.39, 0.29) is 22.3 Å². The van der Waals surface area contributed by atoms with Crippen LogP contribution >= 0.6 is 0 Å². The van der Waals surface area contributed by atoms with Gasteiger partial charge in [0.2, 0.25) is 5.56 Å². The summed E-state index contributed by atoms with van der Waals surface area (Å²) in [5, 5.41) is -0.166. The lowest BCUT2D eigenvalue weighted by Gasteiger charge is -2.12. The molecule has 0 fully saturated rings. The Kier molecular flexibility index (Phi) is 2.68. The lowest BCUT2D eigenvalue weighted by atomic mass is 10.1. The van der Waals surface area contributed by atoms with Crippen LogP contribution < -0.4 is 16.0 Å². The van der Waals surface area contributed by atoms with E-state index >= 15 is 0 Å². The van der Waals surface area contributed by atoms with E-state index in [1.807, 2.05) is 0 Å². The second-order valence-corrected chi connectivity index (χ2v) is 3.65. The van der Waals surface area contributed by atoms with Crippen LogP contribution in [-0.4, -0.2) is 12.1 Å². The number of benzene rings is 1. The Labute approximate surface area is 99.2 Å². The highest BCUT2D eigenvalue weighted by molar-refractivity contribution is 5.94. The largest absolute Gasteiger partial charge is 0.495 e. The van der Waals surface area contributed by atoms with Gasteiger partial charge in [0.05, 0.1) is 23.9 Å². The van der Waals surface area contributed by atoms with Gasteiger partial charge in [-0.2, -0.15) is 13.2 Å². The van der Waals surface area contributed by atoms with Crippen molar-refractivity contribution in [2.75, 3.05) is 12.8 Å². The molecule has 0 unspecified atom stereocenters. The van der Waals surface area contributed by atoms with Crippen LogP contribution in [0.4, 0.5) is 18.9 Å². The monoisotopic (exact) mass is 258 g/mol. The maximum Gasteiger partial charge on any atom is 0.417 e. The van der Waals surface area contributed by atoms with Crippen molar-refractivity contribution in [2.24, 2.45) is 0 Å². The van der Waals surface area contributed by atoms with E-state index in [1.54, 1.807) is 0 Å². The zero-order valence-corrected chi connectivity index (χ0v) is 9.26. The number of nitrogens with two attached hydrogens (primary N) is 1. The summed E-state index contributed by atoms with van der Waals surface area (Å²) in [6.07, 6.45) is -4.62. The number of aromatic amines is 1. The van der Waals surface area contributed by atoms with Gasteiger partial charge in [-0.15, -0.1) is 0 Å². The Hall–Kier alpha value is -2.18. The first-order valence-corrected chi connectivity index (χ1v) is 4.91. The number of pyridine rings is 1. The van der Waals surface area contributed by atoms with Crippen molar-refractivity contribution in [3.63, 3.8) is 0 Å². The predicted molar refractivity (Wildman–Crippen MR) is 60.5 cm³/mol. The van der Waals surface area contributed by atoms with Crippen molar-refractivity contribution >= 4 is 16.6 Å². The first kappa shape index (κ1) is 12.3. The molecule has 0 bridgehead atoms. The minimum atomic E-state index is -4.62. The number of methoxy groups -OCH3 is 1. The lowest BCUT2D eigenvalue weighted by molar-refractivity contribution is -0.136. The molecule has 0 aliphatic rings. The van der Waals surface area contributed by atoms with Crippen molar-refractivity contribution in [3.05, 3.63) is 34.1 Å². The van der Waals surface area contributed by atoms with Crippen molar-refractivity contribution in [2.45, 2.75) is 6.18 Å². The summed E-state index contributed by atoms with van der Waals surface area (Å²) in [6.45, 7) is 0. The number of anilines is 1. The molecule has 18 heavy (non-hydrogen) atoms. The quantitative estimate of drug-likeness (QED) is 0.770. The molecule has 96 valence electrons. The molecule has 0 atom stereocenters. The third kappa shape index (κ3) is 1.87. The number of nitrogen functional groups attached to an aromatic ring is 1. The average molecular weight is 258 g/mol. The number of nitrogens with one attached hydrogen (secondary N) is 1. The zero-order valence-electron chi connectivity index (χ0n) is 9.26. The van der Waals surface area contributed by atoms with Gasteiger partial charge in [-0.1, -0.05) is 0 Å². The summed E-state index contributed by atoms with van der Waals surface area (Å²) < 4.78 is 43.3. The van der Waals surface area contributed by atoms with Crippen LogP contribution in [0.15, 0.2) is 23.0 Å². The molecular formula is C11H9F3N2O2. The van der Waals surface area contributed by atoms with Crippen LogP contribution in [0.2, 0.25) is 0 Å².